The molecule has 3 nitrogen and oxygen atoms in total. The molecule has 1 spiro atoms. The standard InChI is InChI=1S/C14H18FNO2S/c15-11-1-2-12(16-8-11)13(17)10-3-5-18-14(7-10)4-6-19-9-14/h1-2,8,10,13,17H,3-7,9H2. The van der Waals surface area contributed by atoms with E-state index in [0.717, 1.165) is 30.8 Å². The molecule has 3 heterocycles. The summed E-state index contributed by atoms with van der Waals surface area (Å²) in [5.74, 6) is 1.95. The lowest BCUT2D eigenvalue weighted by Gasteiger charge is -2.39. The maximum atomic E-state index is 12.9. The maximum absolute atomic E-state index is 12.9. The first kappa shape index (κ1) is 13.3. The predicted octanol–water partition coefficient (Wildman–Crippen LogP) is 2.56. The summed E-state index contributed by atoms with van der Waals surface area (Å²) in [7, 11) is 0. The number of ether oxygens (including phenoxy) is 1. The number of hydrogen-bond acceptors (Lipinski definition) is 4. The Kier molecular flexibility index (Phi) is 3.78. The van der Waals surface area contributed by atoms with Crippen molar-refractivity contribution in [1.29, 1.82) is 0 Å². The van der Waals surface area contributed by atoms with Crippen molar-refractivity contribution in [2.24, 2.45) is 5.92 Å². The van der Waals surface area contributed by atoms with Gasteiger partial charge in [0.05, 0.1) is 23.6 Å². The zero-order chi connectivity index (χ0) is 13.3. The molecule has 3 unspecified atom stereocenters. The highest BCUT2D eigenvalue weighted by Gasteiger charge is 2.42. The van der Waals surface area contributed by atoms with Gasteiger partial charge in [0.15, 0.2) is 0 Å². The number of nitrogens with zero attached hydrogens (tertiary/aromatic N) is 1. The Balaban J connectivity index is 1.72. The van der Waals surface area contributed by atoms with Crippen molar-refractivity contribution in [3.63, 3.8) is 0 Å². The number of hydrogen-bond donors (Lipinski definition) is 1. The molecule has 5 heteroatoms. The largest absolute Gasteiger partial charge is 0.387 e. The van der Waals surface area contributed by atoms with E-state index >= 15 is 0 Å². The summed E-state index contributed by atoms with van der Waals surface area (Å²) in [5.41, 5.74) is 0.517. The van der Waals surface area contributed by atoms with Crippen molar-refractivity contribution >= 4 is 11.8 Å². The molecule has 3 atom stereocenters. The van der Waals surface area contributed by atoms with E-state index in [0.29, 0.717) is 12.3 Å². The van der Waals surface area contributed by atoms with Gasteiger partial charge in [-0.2, -0.15) is 11.8 Å². The van der Waals surface area contributed by atoms with Crippen LogP contribution in [0.5, 0.6) is 0 Å². The molecule has 0 saturated carbocycles. The van der Waals surface area contributed by atoms with Crippen LogP contribution in [0.15, 0.2) is 18.3 Å². The smallest absolute Gasteiger partial charge is 0.141 e. The number of aromatic nitrogens is 1. The Morgan fingerprint density at radius 1 is 1.53 bits per heavy atom. The number of aliphatic hydroxyl groups excluding tert-OH is 1. The normalized spacial score (nSPS) is 32.6. The highest BCUT2D eigenvalue weighted by Crippen LogP contribution is 2.43. The van der Waals surface area contributed by atoms with E-state index in [1.165, 1.54) is 12.3 Å². The van der Waals surface area contributed by atoms with Crippen LogP contribution < -0.4 is 0 Å². The van der Waals surface area contributed by atoms with Gasteiger partial charge >= 0.3 is 0 Å². The highest BCUT2D eigenvalue weighted by molar-refractivity contribution is 7.99. The molecule has 1 N–H and O–H groups in total. The van der Waals surface area contributed by atoms with Gasteiger partial charge in [0.2, 0.25) is 0 Å². The van der Waals surface area contributed by atoms with Crippen LogP contribution in [0, 0.1) is 11.7 Å². The molecule has 0 aliphatic carbocycles. The fourth-order valence-corrected chi connectivity index (χ4v) is 4.38. The number of thioether (sulfide) groups is 1. The third-order valence-electron chi connectivity index (χ3n) is 4.10. The van der Waals surface area contributed by atoms with E-state index < -0.39 is 6.10 Å². The summed E-state index contributed by atoms with van der Waals surface area (Å²) in [4.78, 5) is 4.00. The molecule has 1 aromatic rings. The van der Waals surface area contributed by atoms with Crippen molar-refractivity contribution < 1.29 is 14.2 Å². The molecule has 0 bridgehead atoms. The predicted molar refractivity (Wildman–Crippen MR) is 72.5 cm³/mol. The quantitative estimate of drug-likeness (QED) is 0.906. The summed E-state index contributed by atoms with van der Waals surface area (Å²) in [5, 5.41) is 10.4. The van der Waals surface area contributed by atoms with Crippen molar-refractivity contribution in [2.45, 2.75) is 31.0 Å². The second kappa shape index (κ2) is 5.38. The first-order chi connectivity index (χ1) is 9.19. The first-order valence-corrected chi connectivity index (χ1v) is 7.85. The molecule has 2 saturated heterocycles. The van der Waals surface area contributed by atoms with Gasteiger partial charge in [0.1, 0.15) is 5.82 Å². The molecule has 1 aromatic heterocycles. The Morgan fingerprint density at radius 2 is 2.42 bits per heavy atom. The second-order valence-electron chi connectivity index (χ2n) is 5.43. The van der Waals surface area contributed by atoms with Gasteiger partial charge in [-0.3, -0.25) is 4.98 Å². The minimum absolute atomic E-state index is 0.0470. The molecule has 0 aromatic carbocycles. The van der Waals surface area contributed by atoms with Crippen LogP contribution in [0.3, 0.4) is 0 Å². The van der Waals surface area contributed by atoms with Gasteiger partial charge in [0.25, 0.3) is 0 Å². The van der Waals surface area contributed by atoms with Crippen LogP contribution in [0.4, 0.5) is 4.39 Å². The molecule has 19 heavy (non-hydrogen) atoms. The summed E-state index contributed by atoms with van der Waals surface area (Å²) in [6.45, 7) is 0.698. The van der Waals surface area contributed by atoms with Gasteiger partial charge < -0.3 is 9.84 Å². The zero-order valence-corrected chi connectivity index (χ0v) is 11.5. The fraction of sp³-hybridized carbons (Fsp3) is 0.643. The van der Waals surface area contributed by atoms with E-state index in [2.05, 4.69) is 4.98 Å². The average Bonchev–Trinajstić information content (AvgIpc) is 2.87. The first-order valence-electron chi connectivity index (χ1n) is 6.70. The molecule has 0 radical (unpaired) electrons. The zero-order valence-electron chi connectivity index (χ0n) is 10.7. The molecule has 104 valence electrons. The monoisotopic (exact) mass is 283 g/mol. The number of rotatable bonds is 2. The lowest BCUT2D eigenvalue weighted by Crippen LogP contribution is -2.41. The molecule has 2 aliphatic rings. The lowest BCUT2D eigenvalue weighted by atomic mass is 9.81. The molecule has 2 fully saturated rings. The Bertz CT molecular complexity index is 434. The number of halogens is 1. The summed E-state index contributed by atoms with van der Waals surface area (Å²) in [6, 6.07) is 2.93. The van der Waals surface area contributed by atoms with Crippen LogP contribution >= 0.6 is 11.8 Å². The molecule has 0 amide bonds. The summed E-state index contributed by atoms with van der Waals surface area (Å²) >= 11 is 1.92. The van der Waals surface area contributed by atoms with E-state index in [9.17, 15) is 9.50 Å². The third-order valence-corrected chi connectivity index (χ3v) is 5.32. The SMILES string of the molecule is OC(c1ccc(F)cn1)C1CCOC2(CCSC2)C1. The minimum atomic E-state index is -0.619. The Labute approximate surface area is 116 Å². The van der Waals surface area contributed by atoms with Crippen molar-refractivity contribution in [3.05, 3.63) is 29.8 Å². The highest BCUT2D eigenvalue weighted by atomic mass is 32.2. The van der Waals surface area contributed by atoms with Gasteiger partial charge in [-0.15, -0.1) is 0 Å². The number of pyridine rings is 1. The Hall–Kier alpha value is -0.650. The van der Waals surface area contributed by atoms with Gasteiger partial charge in [-0.05, 0) is 43.1 Å². The van der Waals surface area contributed by atoms with Crippen LogP contribution in [0.1, 0.15) is 31.1 Å². The van der Waals surface area contributed by atoms with Crippen LogP contribution in [0.25, 0.3) is 0 Å². The molecular formula is C14H18FNO2S. The van der Waals surface area contributed by atoms with Gasteiger partial charge in [0, 0.05) is 12.4 Å². The molecule has 2 aliphatic heterocycles. The van der Waals surface area contributed by atoms with Crippen molar-refractivity contribution in [1.82, 2.24) is 4.98 Å². The van der Waals surface area contributed by atoms with E-state index in [-0.39, 0.29) is 17.3 Å². The van der Waals surface area contributed by atoms with Gasteiger partial charge in [-0.25, -0.2) is 4.39 Å². The van der Waals surface area contributed by atoms with Gasteiger partial charge in [-0.1, -0.05) is 0 Å². The third kappa shape index (κ3) is 2.78. The molecular weight excluding hydrogens is 265 g/mol. The minimum Gasteiger partial charge on any atom is -0.387 e. The maximum Gasteiger partial charge on any atom is 0.141 e. The van der Waals surface area contributed by atoms with E-state index in [1.54, 1.807) is 6.07 Å². The second-order valence-corrected chi connectivity index (χ2v) is 6.54. The summed E-state index contributed by atoms with van der Waals surface area (Å²) < 4.78 is 18.8. The van der Waals surface area contributed by atoms with Crippen molar-refractivity contribution in [3.8, 4) is 0 Å². The average molecular weight is 283 g/mol. The van der Waals surface area contributed by atoms with Crippen molar-refractivity contribution in [2.75, 3.05) is 18.1 Å². The topological polar surface area (TPSA) is 42.4 Å². The number of aliphatic hydroxyl groups is 1. The van der Waals surface area contributed by atoms with Crippen LogP contribution in [-0.2, 0) is 4.74 Å². The van der Waals surface area contributed by atoms with E-state index in [1.807, 2.05) is 11.8 Å². The fourth-order valence-electron chi connectivity index (χ4n) is 3.00. The Morgan fingerprint density at radius 3 is 3.11 bits per heavy atom. The van der Waals surface area contributed by atoms with Crippen LogP contribution in [0.2, 0.25) is 0 Å². The van der Waals surface area contributed by atoms with Crippen LogP contribution in [-0.4, -0.2) is 33.8 Å². The van der Waals surface area contributed by atoms with E-state index in [4.69, 9.17) is 4.74 Å². The lowest BCUT2D eigenvalue weighted by molar-refractivity contribution is -0.102. The summed E-state index contributed by atoms with van der Waals surface area (Å²) in [6.07, 6.45) is 3.33. The molecule has 3 rings (SSSR count).